The molecule has 1 aliphatic rings. The van der Waals surface area contributed by atoms with Gasteiger partial charge in [-0.15, -0.1) is 0 Å². The molecule has 3 aromatic carbocycles. The van der Waals surface area contributed by atoms with E-state index in [1.54, 1.807) is 55.5 Å². The largest absolute Gasteiger partial charge is 0.493 e. The zero-order valence-electron chi connectivity index (χ0n) is 20.6. The van der Waals surface area contributed by atoms with Crippen molar-refractivity contribution >= 4 is 27.4 Å². The van der Waals surface area contributed by atoms with E-state index in [2.05, 4.69) is 10.1 Å². The number of amides is 2. The number of carbonyl (C=O) groups excluding carboxylic acids is 1. The Morgan fingerprint density at radius 3 is 2.46 bits per heavy atom. The molecule has 0 bridgehead atoms. The van der Waals surface area contributed by atoms with Gasteiger partial charge in [-0.05, 0) is 49.7 Å². The van der Waals surface area contributed by atoms with Crippen LogP contribution in [-0.2, 0) is 16.6 Å². The van der Waals surface area contributed by atoms with Gasteiger partial charge >= 0.3 is 6.03 Å². The number of ether oxygens (including phenoxy) is 2. The Morgan fingerprint density at radius 2 is 1.73 bits per heavy atom. The normalized spacial score (nSPS) is 14.4. The minimum absolute atomic E-state index is 0.00350. The molecular formula is C26H24N4O6S. The number of anilines is 2. The summed E-state index contributed by atoms with van der Waals surface area (Å²) in [6.07, 6.45) is 0. The third-order valence-corrected chi connectivity index (χ3v) is 7.79. The van der Waals surface area contributed by atoms with Crippen molar-refractivity contribution in [3.05, 3.63) is 77.7 Å². The van der Waals surface area contributed by atoms with Gasteiger partial charge < -0.3 is 14.0 Å². The molecule has 0 saturated carbocycles. The molecule has 0 spiro atoms. The van der Waals surface area contributed by atoms with Gasteiger partial charge in [0, 0.05) is 0 Å². The van der Waals surface area contributed by atoms with Gasteiger partial charge in [-0.3, -0.25) is 4.90 Å². The van der Waals surface area contributed by atoms with Crippen molar-refractivity contribution < 1.29 is 27.2 Å². The molecule has 1 aliphatic heterocycles. The molecule has 4 aromatic rings. The molecule has 0 radical (unpaired) electrons. The number of fused-ring (bicyclic) bond motifs is 1. The molecule has 0 aliphatic carbocycles. The zero-order valence-corrected chi connectivity index (χ0v) is 21.4. The molecule has 2 heterocycles. The van der Waals surface area contributed by atoms with Gasteiger partial charge in [0.05, 0.1) is 31.2 Å². The van der Waals surface area contributed by atoms with Gasteiger partial charge in [-0.1, -0.05) is 41.1 Å². The van der Waals surface area contributed by atoms with Gasteiger partial charge in [0.2, 0.25) is 11.7 Å². The fraction of sp³-hybridized carbons (Fsp3) is 0.192. The maximum atomic E-state index is 13.8. The number of aryl methyl sites for hydroxylation is 2. The van der Waals surface area contributed by atoms with Crippen LogP contribution in [0, 0.1) is 13.8 Å². The van der Waals surface area contributed by atoms with Crippen molar-refractivity contribution in [1.29, 1.82) is 0 Å². The third-order valence-electron chi connectivity index (χ3n) is 6.06. The number of rotatable bonds is 6. The van der Waals surface area contributed by atoms with E-state index >= 15 is 0 Å². The second-order valence-electron chi connectivity index (χ2n) is 8.45. The first-order valence-corrected chi connectivity index (χ1v) is 12.8. The molecule has 5 rings (SSSR count). The van der Waals surface area contributed by atoms with E-state index in [0.717, 1.165) is 9.87 Å². The van der Waals surface area contributed by atoms with Crippen LogP contribution in [0.2, 0.25) is 0 Å². The lowest BCUT2D eigenvalue weighted by atomic mass is 10.1. The number of urea groups is 1. The Labute approximate surface area is 214 Å². The van der Waals surface area contributed by atoms with E-state index in [1.165, 1.54) is 25.2 Å². The van der Waals surface area contributed by atoms with Crippen molar-refractivity contribution in [3.63, 3.8) is 0 Å². The number of hydrogen-bond acceptors (Lipinski definition) is 8. The van der Waals surface area contributed by atoms with Crippen LogP contribution in [0.1, 0.15) is 17.0 Å². The predicted octanol–water partition coefficient (Wildman–Crippen LogP) is 4.71. The SMILES string of the molecule is COc1cccc(-c2noc(CN3C(=O)N(c4ccc(C)cc4C)S(=O)(=O)c4ccccc43)n2)c1OC. The summed E-state index contributed by atoms with van der Waals surface area (Å²) in [7, 11) is -1.12. The summed E-state index contributed by atoms with van der Waals surface area (Å²) in [4.78, 5) is 19.5. The minimum atomic E-state index is -4.16. The van der Waals surface area contributed by atoms with Crippen LogP contribution in [0.5, 0.6) is 11.5 Å². The van der Waals surface area contributed by atoms with Crippen LogP contribution in [-0.4, -0.2) is 38.8 Å². The molecule has 1 aromatic heterocycles. The number of methoxy groups -OCH3 is 2. The number of nitrogens with zero attached hydrogens (tertiary/aromatic N) is 4. The highest BCUT2D eigenvalue weighted by atomic mass is 32.2. The number of sulfonamides is 1. The summed E-state index contributed by atoms with van der Waals surface area (Å²) in [5.41, 5.74) is 2.66. The third kappa shape index (κ3) is 4.06. The lowest BCUT2D eigenvalue weighted by Gasteiger charge is -2.36. The molecule has 37 heavy (non-hydrogen) atoms. The maximum Gasteiger partial charge on any atom is 0.343 e. The van der Waals surface area contributed by atoms with Crippen molar-refractivity contribution in [3.8, 4) is 22.9 Å². The molecule has 190 valence electrons. The van der Waals surface area contributed by atoms with Gasteiger partial charge in [-0.2, -0.15) is 9.29 Å². The zero-order chi connectivity index (χ0) is 26.3. The van der Waals surface area contributed by atoms with E-state index in [4.69, 9.17) is 14.0 Å². The lowest BCUT2D eigenvalue weighted by Crippen LogP contribution is -2.51. The summed E-state index contributed by atoms with van der Waals surface area (Å²) < 4.78 is 44.2. The first-order valence-electron chi connectivity index (χ1n) is 11.3. The van der Waals surface area contributed by atoms with Gasteiger partial charge in [0.15, 0.2) is 11.5 Å². The topological polar surface area (TPSA) is 115 Å². The molecular weight excluding hydrogens is 496 g/mol. The first-order chi connectivity index (χ1) is 17.8. The molecule has 0 unspecified atom stereocenters. The second kappa shape index (κ2) is 9.25. The van der Waals surface area contributed by atoms with Crippen LogP contribution in [0.3, 0.4) is 0 Å². The van der Waals surface area contributed by atoms with Gasteiger partial charge in [-0.25, -0.2) is 13.2 Å². The monoisotopic (exact) mass is 520 g/mol. The molecule has 10 nitrogen and oxygen atoms in total. The number of aromatic nitrogens is 2. The molecule has 0 N–H and O–H groups in total. The van der Waals surface area contributed by atoms with Crippen molar-refractivity contribution in [2.75, 3.05) is 23.4 Å². The van der Waals surface area contributed by atoms with E-state index in [0.29, 0.717) is 22.6 Å². The Balaban J connectivity index is 1.57. The summed E-state index contributed by atoms with van der Waals surface area (Å²) in [5, 5.41) is 4.06. The summed E-state index contributed by atoms with van der Waals surface area (Å²) in [6.45, 7) is 3.52. The van der Waals surface area contributed by atoms with Crippen LogP contribution < -0.4 is 18.7 Å². The standard InChI is InChI=1S/C26H24N4O6S/c1-16-12-13-19(17(2)14-16)30-26(31)29(20-9-5-6-11-22(20)37(30,32)33)15-23-27-25(28-36-23)18-8-7-10-21(34-3)24(18)35-4/h5-14H,15H2,1-4H3. The number of carbonyl (C=O) groups is 1. The van der Waals surface area contributed by atoms with E-state index in [-0.39, 0.29) is 34.5 Å². The predicted molar refractivity (Wildman–Crippen MR) is 136 cm³/mol. The van der Waals surface area contributed by atoms with E-state index in [9.17, 15) is 13.2 Å². The Kier molecular flexibility index (Phi) is 6.08. The first kappa shape index (κ1) is 24.3. The van der Waals surface area contributed by atoms with Crippen molar-refractivity contribution in [1.82, 2.24) is 10.1 Å². The Bertz CT molecular complexity index is 1620. The fourth-order valence-electron chi connectivity index (χ4n) is 4.36. The highest BCUT2D eigenvalue weighted by molar-refractivity contribution is 7.94. The number of benzene rings is 3. The molecule has 0 atom stereocenters. The molecule has 0 fully saturated rings. The van der Waals surface area contributed by atoms with Crippen molar-refractivity contribution in [2.24, 2.45) is 0 Å². The highest BCUT2D eigenvalue weighted by Crippen LogP contribution is 2.40. The van der Waals surface area contributed by atoms with Crippen LogP contribution in [0.4, 0.5) is 16.2 Å². The maximum absolute atomic E-state index is 13.8. The van der Waals surface area contributed by atoms with E-state index in [1.807, 2.05) is 13.0 Å². The van der Waals surface area contributed by atoms with Crippen LogP contribution >= 0.6 is 0 Å². The van der Waals surface area contributed by atoms with Gasteiger partial charge in [0.1, 0.15) is 11.4 Å². The summed E-state index contributed by atoms with van der Waals surface area (Å²) >= 11 is 0. The smallest absolute Gasteiger partial charge is 0.343 e. The van der Waals surface area contributed by atoms with Crippen LogP contribution in [0.15, 0.2) is 70.1 Å². The van der Waals surface area contributed by atoms with Crippen LogP contribution in [0.25, 0.3) is 11.4 Å². The summed E-state index contributed by atoms with van der Waals surface area (Å²) in [6, 6.07) is 16.1. The number of para-hydroxylation sites is 2. The van der Waals surface area contributed by atoms with E-state index < -0.39 is 16.1 Å². The lowest BCUT2D eigenvalue weighted by molar-refractivity contribution is 0.252. The van der Waals surface area contributed by atoms with Crippen molar-refractivity contribution in [2.45, 2.75) is 25.3 Å². The highest BCUT2D eigenvalue weighted by Gasteiger charge is 2.43. The van der Waals surface area contributed by atoms with Gasteiger partial charge in [0.25, 0.3) is 10.0 Å². The quantitative estimate of drug-likeness (QED) is 0.359. The second-order valence-corrected chi connectivity index (χ2v) is 10.2. The Hall–Kier alpha value is -4.38. The summed E-state index contributed by atoms with van der Waals surface area (Å²) in [5.74, 6) is 1.29. The minimum Gasteiger partial charge on any atom is -0.493 e. The average Bonchev–Trinajstić information content (AvgIpc) is 3.36. The number of hydrogen-bond donors (Lipinski definition) is 0. The average molecular weight is 521 g/mol. The molecule has 0 saturated heterocycles. The Morgan fingerprint density at radius 1 is 0.946 bits per heavy atom. The fourth-order valence-corrected chi connectivity index (χ4v) is 6.02. The molecule has 2 amide bonds. The molecule has 11 heteroatoms.